The van der Waals surface area contributed by atoms with Crippen molar-refractivity contribution in [3.63, 3.8) is 0 Å². The lowest BCUT2D eigenvalue weighted by Crippen LogP contribution is -2.25. The van der Waals surface area contributed by atoms with E-state index in [-0.39, 0.29) is 6.04 Å². The van der Waals surface area contributed by atoms with Crippen LogP contribution in [0, 0.1) is 0 Å². The Bertz CT molecular complexity index is 558. The molecule has 2 N–H and O–H groups in total. The fourth-order valence-electron chi connectivity index (χ4n) is 1.91. The van der Waals surface area contributed by atoms with Crippen LogP contribution in [0.5, 0.6) is 0 Å². The van der Waals surface area contributed by atoms with Crippen LogP contribution >= 0.6 is 50.6 Å². The van der Waals surface area contributed by atoms with Gasteiger partial charge in [0, 0.05) is 21.7 Å². The summed E-state index contributed by atoms with van der Waals surface area (Å²) in [6, 6.07) is 12.4. The predicted molar refractivity (Wildman–Crippen MR) is 95.8 cm³/mol. The van der Waals surface area contributed by atoms with Gasteiger partial charge in [-0.15, -0.1) is 23.1 Å². The summed E-state index contributed by atoms with van der Waals surface area (Å²) in [7, 11) is 0. The fraction of sp³-hybridized carbons (Fsp3) is 0.333. The summed E-state index contributed by atoms with van der Waals surface area (Å²) in [6.45, 7) is 2.14. The molecule has 0 saturated carbocycles. The highest BCUT2D eigenvalue weighted by Gasteiger charge is 2.21. The Morgan fingerprint density at radius 3 is 2.65 bits per heavy atom. The molecular weight excluding hydrogens is 374 g/mol. The molecule has 0 saturated heterocycles. The van der Waals surface area contributed by atoms with E-state index in [1.165, 1.54) is 10.4 Å². The van der Waals surface area contributed by atoms with Crippen molar-refractivity contribution in [3.8, 4) is 0 Å². The first-order valence-corrected chi connectivity index (χ1v) is 9.51. The van der Waals surface area contributed by atoms with Gasteiger partial charge in [-0.05, 0) is 46.1 Å². The zero-order chi connectivity index (χ0) is 14.5. The van der Waals surface area contributed by atoms with E-state index in [9.17, 15) is 0 Å². The highest BCUT2D eigenvalue weighted by molar-refractivity contribution is 9.11. The van der Waals surface area contributed by atoms with Crippen molar-refractivity contribution >= 4 is 50.6 Å². The lowest BCUT2D eigenvalue weighted by molar-refractivity contribution is 0.640. The first-order chi connectivity index (χ1) is 9.61. The Hall–Kier alpha value is -0.0000000000000000833. The molecule has 108 valence electrons. The lowest BCUT2D eigenvalue weighted by atomic mass is 10.1. The maximum Gasteiger partial charge on any atom is 0.0701 e. The first kappa shape index (κ1) is 16.4. The average Bonchev–Trinajstić information content (AvgIpc) is 2.87. The van der Waals surface area contributed by atoms with Crippen LogP contribution in [0.15, 0.2) is 40.2 Å². The zero-order valence-electron chi connectivity index (χ0n) is 11.2. The van der Waals surface area contributed by atoms with Crippen LogP contribution in [-0.4, -0.2) is 6.04 Å². The molecule has 2 atom stereocenters. The third-order valence-electron chi connectivity index (χ3n) is 3.11. The molecule has 2 aromatic rings. The van der Waals surface area contributed by atoms with Crippen LogP contribution < -0.4 is 5.73 Å². The van der Waals surface area contributed by atoms with Gasteiger partial charge in [-0.3, -0.25) is 0 Å². The van der Waals surface area contributed by atoms with Crippen molar-refractivity contribution in [1.29, 1.82) is 0 Å². The number of hydrogen-bond acceptors (Lipinski definition) is 3. The van der Waals surface area contributed by atoms with E-state index in [1.54, 1.807) is 11.3 Å². The highest BCUT2D eigenvalue weighted by Crippen LogP contribution is 2.40. The summed E-state index contributed by atoms with van der Waals surface area (Å²) < 4.78 is 1.15. The predicted octanol–water partition coefficient (Wildman–Crippen LogP) is 5.88. The van der Waals surface area contributed by atoms with E-state index < -0.39 is 0 Å². The Labute approximate surface area is 142 Å². The smallest absolute Gasteiger partial charge is 0.0701 e. The second-order valence-corrected chi connectivity index (χ2v) is 8.57. The third kappa shape index (κ3) is 4.25. The molecule has 1 heterocycles. The molecule has 5 heteroatoms. The van der Waals surface area contributed by atoms with E-state index in [0.29, 0.717) is 5.25 Å². The third-order valence-corrected chi connectivity index (χ3v) is 6.78. The minimum Gasteiger partial charge on any atom is -0.326 e. The number of nitrogens with two attached hydrogens (primary N) is 1. The van der Waals surface area contributed by atoms with Crippen molar-refractivity contribution in [2.45, 2.75) is 30.4 Å². The van der Waals surface area contributed by atoms with Gasteiger partial charge in [0.15, 0.2) is 0 Å². The molecule has 1 aromatic heterocycles. The van der Waals surface area contributed by atoms with Crippen LogP contribution in [0.4, 0.5) is 0 Å². The Kier molecular flexibility index (Phi) is 6.43. The van der Waals surface area contributed by atoms with Crippen molar-refractivity contribution in [3.05, 3.63) is 55.6 Å². The molecule has 0 fully saturated rings. The second kappa shape index (κ2) is 7.85. The summed E-state index contributed by atoms with van der Waals surface area (Å²) in [5.41, 5.74) is 7.47. The molecule has 1 aromatic carbocycles. The van der Waals surface area contributed by atoms with Gasteiger partial charge in [-0.1, -0.05) is 36.7 Å². The van der Waals surface area contributed by atoms with Gasteiger partial charge < -0.3 is 5.73 Å². The second-order valence-electron chi connectivity index (χ2n) is 4.54. The molecule has 0 aliphatic carbocycles. The maximum absolute atomic E-state index is 6.30. The van der Waals surface area contributed by atoms with Gasteiger partial charge in [-0.2, -0.15) is 0 Å². The first-order valence-electron chi connectivity index (χ1n) is 6.47. The molecule has 2 unspecified atom stereocenters. The van der Waals surface area contributed by atoms with Crippen LogP contribution in [0.3, 0.4) is 0 Å². The van der Waals surface area contributed by atoms with Crippen molar-refractivity contribution < 1.29 is 0 Å². The molecule has 0 bridgehead atoms. The largest absolute Gasteiger partial charge is 0.326 e. The molecule has 20 heavy (non-hydrogen) atoms. The Morgan fingerprint density at radius 2 is 2.05 bits per heavy atom. The van der Waals surface area contributed by atoms with Crippen molar-refractivity contribution in [2.24, 2.45) is 5.73 Å². The highest BCUT2D eigenvalue weighted by atomic mass is 79.9. The molecule has 0 aliphatic heterocycles. The number of thioether (sulfide) groups is 1. The van der Waals surface area contributed by atoms with Gasteiger partial charge >= 0.3 is 0 Å². The fourth-order valence-corrected chi connectivity index (χ4v) is 5.31. The summed E-state index contributed by atoms with van der Waals surface area (Å²) >= 11 is 13.4. The summed E-state index contributed by atoms with van der Waals surface area (Å²) in [5.74, 6) is 0.882. The quantitative estimate of drug-likeness (QED) is 0.667. The Morgan fingerprint density at radius 1 is 1.30 bits per heavy atom. The topological polar surface area (TPSA) is 26.0 Å². The van der Waals surface area contributed by atoms with Crippen molar-refractivity contribution in [2.75, 3.05) is 0 Å². The van der Waals surface area contributed by atoms with E-state index in [4.69, 9.17) is 17.3 Å². The number of hydrogen-bond donors (Lipinski definition) is 1. The normalized spacial score (nSPS) is 14.2. The van der Waals surface area contributed by atoms with Crippen LogP contribution in [-0.2, 0) is 5.75 Å². The average molecular weight is 391 g/mol. The van der Waals surface area contributed by atoms with E-state index in [1.807, 2.05) is 30.0 Å². The number of halogens is 2. The van der Waals surface area contributed by atoms with E-state index in [0.717, 1.165) is 21.0 Å². The van der Waals surface area contributed by atoms with Crippen LogP contribution in [0.25, 0.3) is 0 Å². The zero-order valence-corrected chi connectivity index (χ0v) is 15.2. The molecule has 1 nitrogen and oxygen atoms in total. The van der Waals surface area contributed by atoms with Gasteiger partial charge in [-0.25, -0.2) is 0 Å². The SMILES string of the molecule is CCC(N)C(SCc1ccccc1Cl)c1ccc(Br)s1. The monoisotopic (exact) mass is 389 g/mol. The van der Waals surface area contributed by atoms with Gasteiger partial charge in [0.05, 0.1) is 9.04 Å². The minimum absolute atomic E-state index is 0.160. The number of thiophene rings is 1. The minimum atomic E-state index is 0.160. The van der Waals surface area contributed by atoms with Crippen LogP contribution in [0.2, 0.25) is 5.02 Å². The molecule has 0 radical (unpaired) electrons. The summed E-state index contributed by atoms with van der Waals surface area (Å²) in [5, 5.41) is 1.14. The number of benzene rings is 1. The Balaban J connectivity index is 2.11. The van der Waals surface area contributed by atoms with Gasteiger partial charge in [0.25, 0.3) is 0 Å². The van der Waals surface area contributed by atoms with Gasteiger partial charge in [0.2, 0.25) is 0 Å². The standard InChI is InChI=1S/C15H17BrClNS2/c1-2-12(18)15(13-7-8-14(16)20-13)19-9-10-5-3-4-6-11(10)17/h3-8,12,15H,2,9,18H2,1H3. The molecule has 0 amide bonds. The molecule has 2 rings (SSSR count). The van der Waals surface area contributed by atoms with E-state index >= 15 is 0 Å². The summed E-state index contributed by atoms with van der Waals surface area (Å²) in [6.07, 6.45) is 0.968. The van der Waals surface area contributed by atoms with E-state index in [2.05, 4.69) is 41.1 Å². The number of rotatable bonds is 6. The molecule has 0 spiro atoms. The maximum atomic E-state index is 6.30. The lowest BCUT2D eigenvalue weighted by Gasteiger charge is -2.21. The van der Waals surface area contributed by atoms with Crippen molar-refractivity contribution in [1.82, 2.24) is 0 Å². The molecule has 0 aliphatic rings. The molecular formula is C15H17BrClNS2. The summed E-state index contributed by atoms with van der Waals surface area (Å²) in [4.78, 5) is 1.32. The van der Waals surface area contributed by atoms with Gasteiger partial charge in [0.1, 0.15) is 0 Å². The van der Waals surface area contributed by atoms with Crippen LogP contribution in [0.1, 0.15) is 29.0 Å².